The molecule has 0 radical (unpaired) electrons. The van der Waals surface area contributed by atoms with Gasteiger partial charge in [-0.25, -0.2) is 9.97 Å². The summed E-state index contributed by atoms with van der Waals surface area (Å²) >= 11 is 0. The van der Waals surface area contributed by atoms with Crippen molar-refractivity contribution in [2.24, 2.45) is 7.05 Å². The van der Waals surface area contributed by atoms with Crippen molar-refractivity contribution >= 4 is 5.82 Å². The van der Waals surface area contributed by atoms with Gasteiger partial charge >= 0.3 is 0 Å². The lowest BCUT2D eigenvalue weighted by Crippen LogP contribution is -2.16. The van der Waals surface area contributed by atoms with Crippen LogP contribution in [0.15, 0.2) is 35.2 Å². The third-order valence-corrected chi connectivity index (χ3v) is 4.77. The molecule has 0 aromatic carbocycles. The Morgan fingerprint density at radius 3 is 2.92 bits per heavy atom. The molecule has 3 aromatic heterocycles. The Bertz CT molecular complexity index is 870. The Morgan fingerprint density at radius 2 is 2.19 bits per heavy atom. The van der Waals surface area contributed by atoms with Gasteiger partial charge in [0.15, 0.2) is 11.6 Å². The maximum absolute atomic E-state index is 5.53. The summed E-state index contributed by atoms with van der Waals surface area (Å²) in [5, 5.41) is 11.4. The highest BCUT2D eigenvalue weighted by molar-refractivity contribution is 5.57. The molecule has 0 unspecified atom stereocenters. The Labute approximate surface area is 152 Å². The van der Waals surface area contributed by atoms with E-state index in [1.807, 2.05) is 30.1 Å². The molecule has 0 aliphatic carbocycles. The smallest absolute Gasteiger partial charge is 0.197 e. The molecule has 0 bridgehead atoms. The van der Waals surface area contributed by atoms with Crippen LogP contribution >= 0.6 is 0 Å². The summed E-state index contributed by atoms with van der Waals surface area (Å²) in [6.45, 7) is 4.04. The number of nitrogens with one attached hydrogen (secondary N) is 2. The molecule has 1 aliphatic heterocycles. The zero-order chi connectivity index (χ0) is 17.9. The number of aromatic nitrogens is 4. The summed E-state index contributed by atoms with van der Waals surface area (Å²) in [7, 11) is 1.94. The third kappa shape index (κ3) is 3.35. The van der Waals surface area contributed by atoms with Gasteiger partial charge in [-0.15, -0.1) is 0 Å². The molecule has 1 aliphatic rings. The first-order valence-electron chi connectivity index (χ1n) is 9.14. The van der Waals surface area contributed by atoms with Crippen molar-refractivity contribution in [2.75, 3.05) is 18.4 Å². The van der Waals surface area contributed by atoms with Crippen LogP contribution in [0.5, 0.6) is 0 Å². The zero-order valence-electron chi connectivity index (χ0n) is 15.2. The van der Waals surface area contributed by atoms with Crippen LogP contribution in [0.25, 0.3) is 11.6 Å². The maximum atomic E-state index is 5.53. The van der Waals surface area contributed by atoms with Gasteiger partial charge in [0.2, 0.25) is 0 Å². The molecule has 0 amide bonds. The highest BCUT2D eigenvalue weighted by Crippen LogP contribution is 2.28. The molecule has 2 N–H and O–H groups in total. The van der Waals surface area contributed by atoms with Crippen LogP contribution in [0.4, 0.5) is 5.82 Å². The maximum Gasteiger partial charge on any atom is 0.197 e. The summed E-state index contributed by atoms with van der Waals surface area (Å²) in [6, 6.07) is 3.92. The molecule has 0 spiro atoms. The summed E-state index contributed by atoms with van der Waals surface area (Å²) in [5.41, 5.74) is 3.46. The number of fused-ring (bicyclic) bond motifs is 1. The van der Waals surface area contributed by atoms with E-state index in [1.54, 1.807) is 6.26 Å². The highest BCUT2D eigenvalue weighted by atomic mass is 16.3. The van der Waals surface area contributed by atoms with Crippen LogP contribution < -0.4 is 10.6 Å². The molecule has 0 fully saturated rings. The lowest BCUT2D eigenvalue weighted by molar-refractivity contribution is 0.576. The molecule has 0 saturated carbocycles. The normalized spacial score (nSPS) is 15.3. The van der Waals surface area contributed by atoms with E-state index in [1.165, 1.54) is 5.56 Å². The molecule has 7 nitrogen and oxygen atoms in total. The van der Waals surface area contributed by atoms with Crippen LogP contribution in [-0.4, -0.2) is 32.8 Å². The van der Waals surface area contributed by atoms with E-state index >= 15 is 0 Å². The van der Waals surface area contributed by atoms with Gasteiger partial charge in [0, 0.05) is 37.3 Å². The third-order valence-electron chi connectivity index (χ3n) is 4.77. The van der Waals surface area contributed by atoms with Crippen molar-refractivity contribution in [1.82, 2.24) is 25.1 Å². The Balaban J connectivity index is 1.74. The van der Waals surface area contributed by atoms with E-state index < -0.39 is 0 Å². The molecular weight excluding hydrogens is 328 g/mol. The second kappa shape index (κ2) is 7.29. The minimum absolute atomic E-state index is 0.156. The standard InChI is InChI=1S/C19H24N6O/c1-3-15(13-11-21-25(2)12-13)22-18-14-6-8-20-9-7-16(14)23-19(24-18)17-5-4-10-26-17/h4-5,10-12,15,20H,3,6-9H2,1-2H3,(H,22,23,24)/t15-/m0/s1. The largest absolute Gasteiger partial charge is 0.461 e. The fraction of sp³-hybridized carbons (Fsp3) is 0.421. The number of anilines is 1. The van der Waals surface area contributed by atoms with Crippen LogP contribution in [0.1, 0.15) is 36.2 Å². The van der Waals surface area contributed by atoms with E-state index in [0.29, 0.717) is 11.6 Å². The lowest BCUT2D eigenvalue weighted by atomic mass is 10.1. The average molecular weight is 352 g/mol. The fourth-order valence-electron chi connectivity index (χ4n) is 3.39. The van der Waals surface area contributed by atoms with Crippen molar-refractivity contribution in [2.45, 2.75) is 32.2 Å². The number of nitrogens with zero attached hydrogens (tertiary/aromatic N) is 4. The topological polar surface area (TPSA) is 80.8 Å². The molecule has 26 heavy (non-hydrogen) atoms. The fourth-order valence-corrected chi connectivity index (χ4v) is 3.39. The van der Waals surface area contributed by atoms with Gasteiger partial charge in [0.25, 0.3) is 0 Å². The van der Waals surface area contributed by atoms with Gasteiger partial charge < -0.3 is 15.1 Å². The predicted molar refractivity (Wildman–Crippen MR) is 99.9 cm³/mol. The van der Waals surface area contributed by atoms with E-state index in [4.69, 9.17) is 14.4 Å². The van der Waals surface area contributed by atoms with Gasteiger partial charge in [0.05, 0.1) is 24.2 Å². The van der Waals surface area contributed by atoms with E-state index in [0.717, 1.165) is 49.4 Å². The van der Waals surface area contributed by atoms with Crippen molar-refractivity contribution in [3.63, 3.8) is 0 Å². The molecule has 3 aromatic rings. The number of hydrogen-bond acceptors (Lipinski definition) is 6. The highest BCUT2D eigenvalue weighted by Gasteiger charge is 2.21. The number of hydrogen-bond donors (Lipinski definition) is 2. The van der Waals surface area contributed by atoms with Gasteiger partial charge in [-0.05, 0) is 31.5 Å². The molecular formula is C19H24N6O. The predicted octanol–water partition coefficient (Wildman–Crippen LogP) is 2.72. The Kier molecular flexibility index (Phi) is 4.71. The molecule has 4 rings (SSSR count). The molecule has 7 heteroatoms. The van der Waals surface area contributed by atoms with Crippen LogP contribution in [0.2, 0.25) is 0 Å². The first kappa shape index (κ1) is 16.8. The summed E-state index contributed by atoms with van der Waals surface area (Å²) in [5.74, 6) is 2.24. The quantitative estimate of drug-likeness (QED) is 0.735. The van der Waals surface area contributed by atoms with Gasteiger partial charge in [-0.1, -0.05) is 6.92 Å². The number of rotatable bonds is 5. The average Bonchev–Trinajstić information content (AvgIpc) is 3.27. The van der Waals surface area contributed by atoms with E-state index in [9.17, 15) is 0 Å². The van der Waals surface area contributed by atoms with Crippen molar-refractivity contribution < 1.29 is 4.42 Å². The first-order chi connectivity index (χ1) is 12.7. The van der Waals surface area contributed by atoms with Crippen LogP contribution in [0, 0.1) is 0 Å². The Hall–Kier alpha value is -2.67. The SMILES string of the molecule is CC[C@H](Nc1nc(-c2ccco2)nc2c1CCNCC2)c1cnn(C)c1. The molecule has 136 valence electrons. The van der Waals surface area contributed by atoms with Gasteiger partial charge in [-0.3, -0.25) is 4.68 Å². The molecule has 1 atom stereocenters. The van der Waals surface area contributed by atoms with Gasteiger partial charge in [-0.2, -0.15) is 5.10 Å². The molecule has 4 heterocycles. The second-order valence-corrected chi connectivity index (χ2v) is 6.60. The minimum Gasteiger partial charge on any atom is -0.461 e. The minimum atomic E-state index is 0.156. The van der Waals surface area contributed by atoms with Crippen LogP contribution in [0.3, 0.4) is 0 Å². The van der Waals surface area contributed by atoms with Crippen molar-refractivity contribution in [3.05, 3.63) is 47.6 Å². The zero-order valence-corrected chi connectivity index (χ0v) is 15.2. The lowest BCUT2D eigenvalue weighted by Gasteiger charge is -2.20. The summed E-state index contributed by atoms with van der Waals surface area (Å²) < 4.78 is 7.37. The number of furan rings is 1. The van der Waals surface area contributed by atoms with E-state index in [-0.39, 0.29) is 6.04 Å². The van der Waals surface area contributed by atoms with Gasteiger partial charge in [0.1, 0.15) is 5.82 Å². The summed E-state index contributed by atoms with van der Waals surface area (Å²) in [4.78, 5) is 9.60. The first-order valence-corrected chi connectivity index (χ1v) is 9.14. The van der Waals surface area contributed by atoms with Crippen molar-refractivity contribution in [3.8, 4) is 11.6 Å². The number of aryl methyl sites for hydroxylation is 1. The van der Waals surface area contributed by atoms with E-state index in [2.05, 4.69) is 28.9 Å². The second-order valence-electron chi connectivity index (χ2n) is 6.60. The van der Waals surface area contributed by atoms with Crippen LogP contribution in [-0.2, 0) is 19.9 Å². The van der Waals surface area contributed by atoms with Crippen molar-refractivity contribution in [1.29, 1.82) is 0 Å². The Morgan fingerprint density at radius 1 is 1.31 bits per heavy atom. The monoisotopic (exact) mass is 352 g/mol. The molecule has 0 saturated heterocycles. The summed E-state index contributed by atoms with van der Waals surface area (Å²) in [6.07, 6.45) is 8.37.